The molecule has 0 aromatic rings. The molecule has 0 saturated carbocycles. The molecule has 0 aromatic heterocycles. The molecular weight excluding hydrogens is 302 g/mol. The summed E-state index contributed by atoms with van der Waals surface area (Å²) in [6.07, 6.45) is 5.96. The fourth-order valence-electron chi connectivity index (χ4n) is 3.34. The first-order chi connectivity index (χ1) is 6.03. The first-order valence-electron chi connectivity index (χ1n) is 5.75. The van der Waals surface area contributed by atoms with E-state index in [4.69, 9.17) is 0 Å². The van der Waals surface area contributed by atoms with Crippen molar-refractivity contribution in [3.63, 3.8) is 0 Å². The fourth-order valence-corrected chi connectivity index (χ4v) is 12.1. The van der Waals surface area contributed by atoms with Crippen molar-refractivity contribution in [2.24, 2.45) is 0 Å². The Bertz CT molecular complexity index is 208. The maximum absolute atomic E-state index is 2.94. The third kappa shape index (κ3) is 1.49. The maximum atomic E-state index is 2.94. The quantitative estimate of drug-likeness (QED) is 0.419. The first kappa shape index (κ1) is 13.2. The third-order valence-electron chi connectivity index (χ3n) is 4.57. The Kier molecular flexibility index (Phi) is 3.14. The van der Waals surface area contributed by atoms with Gasteiger partial charge in [-0.05, 0) is 0 Å². The minimum atomic E-state index is -1.55. The van der Waals surface area contributed by atoms with E-state index in [1.54, 1.807) is 0 Å². The molecule has 0 radical (unpaired) electrons. The Morgan fingerprint density at radius 3 is 1.21 bits per heavy atom. The molecule has 1 aliphatic rings. The SMILES string of the molecule is CC(C)(C)P1(I)(C(C)(C)C)CCCC1. The van der Waals surface area contributed by atoms with Gasteiger partial charge in [-0.15, -0.1) is 0 Å². The molecule has 0 amide bonds. The van der Waals surface area contributed by atoms with Gasteiger partial charge in [0.15, 0.2) is 0 Å². The van der Waals surface area contributed by atoms with Gasteiger partial charge in [-0.25, -0.2) is 0 Å². The molecular formula is C12H26IP. The molecule has 1 saturated heterocycles. The topological polar surface area (TPSA) is 0 Å². The van der Waals surface area contributed by atoms with Crippen LogP contribution in [0.4, 0.5) is 0 Å². The zero-order valence-electron chi connectivity index (χ0n) is 10.7. The summed E-state index contributed by atoms with van der Waals surface area (Å²) in [7, 11) is 0. The Labute approximate surface area is 103 Å². The van der Waals surface area contributed by atoms with Crippen LogP contribution in [-0.2, 0) is 0 Å². The molecule has 1 heterocycles. The zero-order chi connectivity index (χ0) is 11.3. The van der Waals surface area contributed by atoms with Crippen molar-refractivity contribution in [3.8, 4) is 0 Å². The van der Waals surface area contributed by atoms with E-state index in [2.05, 4.69) is 63.6 Å². The summed E-state index contributed by atoms with van der Waals surface area (Å²) in [5, 5.41) is 1.03. The number of hydrogen-bond acceptors (Lipinski definition) is 0. The standard InChI is InChI=1S/C12H26IP/c1-11(2,3)14(13,12(4,5)6)9-7-8-10-14/h7-10H2,1-6H3. The van der Waals surface area contributed by atoms with Crippen molar-refractivity contribution in [2.45, 2.75) is 64.7 Å². The van der Waals surface area contributed by atoms with E-state index in [-0.39, 0.29) is 0 Å². The molecule has 86 valence electrons. The summed E-state index contributed by atoms with van der Waals surface area (Å²) in [5.74, 6) is 0. The molecule has 0 unspecified atom stereocenters. The van der Waals surface area contributed by atoms with E-state index in [0.29, 0.717) is 10.3 Å². The second kappa shape index (κ2) is 3.32. The van der Waals surface area contributed by atoms with Gasteiger partial charge in [-0.2, -0.15) is 0 Å². The van der Waals surface area contributed by atoms with Gasteiger partial charge in [-0.1, -0.05) is 0 Å². The fraction of sp³-hybridized carbons (Fsp3) is 1.00. The molecule has 1 aliphatic heterocycles. The molecule has 2 heteroatoms. The van der Waals surface area contributed by atoms with Crippen LogP contribution in [0, 0.1) is 0 Å². The Balaban J connectivity index is 3.29. The number of rotatable bonds is 0. The van der Waals surface area contributed by atoms with E-state index < -0.39 is 4.25 Å². The molecule has 0 aromatic carbocycles. The average molecular weight is 328 g/mol. The molecule has 0 nitrogen and oxygen atoms in total. The van der Waals surface area contributed by atoms with Crippen LogP contribution in [0.15, 0.2) is 0 Å². The van der Waals surface area contributed by atoms with Crippen LogP contribution in [0.5, 0.6) is 0 Å². The van der Waals surface area contributed by atoms with Crippen molar-refractivity contribution >= 4 is 26.3 Å². The van der Waals surface area contributed by atoms with Crippen molar-refractivity contribution in [1.82, 2.24) is 0 Å². The van der Waals surface area contributed by atoms with Crippen LogP contribution >= 0.6 is 26.3 Å². The summed E-state index contributed by atoms with van der Waals surface area (Å²) in [4.78, 5) is 0. The van der Waals surface area contributed by atoms with E-state index >= 15 is 0 Å². The number of hydrogen-bond donors (Lipinski definition) is 0. The zero-order valence-corrected chi connectivity index (χ0v) is 13.7. The van der Waals surface area contributed by atoms with Crippen LogP contribution in [0.25, 0.3) is 0 Å². The van der Waals surface area contributed by atoms with Crippen molar-refractivity contribution in [2.75, 3.05) is 12.3 Å². The molecule has 0 aliphatic carbocycles. The van der Waals surface area contributed by atoms with Crippen LogP contribution in [0.2, 0.25) is 0 Å². The van der Waals surface area contributed by atoms with Crippen LogP contribution < -0.4 is 0 Å². The molecule has 1 rings (SSSR count). The monoisotopic (exact) mass is 328 g/mol. The normalized spacial score (nSPS) is 29.5. The van der Waals surface area contributed by atoms with Gasteiger partial charge in [-0.3, -0.25) is 0 Å². The van der Waals surface area contributed by atoms with Crippen molar-refractivity contribution in [3.05, 3.63) is 0 Å². The molecule has 1 fully saturated rings. The molecule has 0 bridgehead atoms. The number of halogens is 1. The van der Waals surface area contributed by atoms with Crippen LogP contribution in [0.3, 0.4) is 0 Å². The van der Waals surface area contributed by atoms with E-state index in [1.807, 2.05) is 0 Å². The van der Waals surface area contributed by atoms with E-state index in [1.165, 1.54) is 25.2 Å². The average Bonchev–Trinajstić information content (AvgIpc) is 2.31. The van der Waals surface area contributed by atoms with E-state index in [9.17, 15) is 0 Å². The van der Waals surface area contributed by atoms with Crippen molar-refractivity contribution in [1.29, 1.82) is 0 Å². The van der Waals surface area contributed by atoms with Gasteiger partial charge in [0.05, 0.1) is 0 Å². The Hall–Kier alpha value is 1.16. The van der Waals surface area contributed by atoms with Gasteiger partial charge >= 0.3 is 103 Å². The van der Waals surface area contributed by atoms with Crippen LogP contribution in [0.1, 0.15) is 54.4 Å². The van der Waals surface area contributed by atoms with Gasteiger partial charge in [0, 0.05) is 0 Å². The summed E-state index contributed by atoms with van der Waals surface area (Å²) in [6.45, 7) is 14.9. The van der Waals surface area contributed by atoms with Gasteiger partial charge in [0.1, 0.15) is 0 Å². The summed E-state index contributed by atoms with van der Waals surface area (Å²) in [6, 6.07) is 0. The molecule has 0 atom stereocenters. The minimum absolute atomic E-state index is 0.515. The van der Waals surface area contributed by atoms with Gasteiger partial charge in [0.25, 0.3) is 0 Å². The van der Waals surface area contributed by atoms with Gasteiger partial charge in [0.2, 0.25) is 0 Å². The van der Waals surface area contributed by atoms with Crippen molar-refractivity contribution < 1.29 is 0 Å². The second-order valence-electron chi connectivity index (χ2n) is 6.87. The summed E-state index contributed by atoms with van der Waals surface area (Å²) in [5.41, 5.74) is 0. The first-order valence-corrected chi connectivity index (χ1v) is 11.1. The van der Waals surface area contributed by atoms with Gasteiger partial charge < -0.3 is 0 Å². The predicted octanol–water partition coefficient (Wildman–Crippen LogP) is 5.28. The molecule has 14 heavy (non-hydrogen) atoms. The predicted molar refractivity (Wildman–Crippen MR) is 79.4 cm³/mol. The summed E-state index contributed by atoms with van der Waals surface area (Å²) >= 11 is 2.94. The summed E-state index contributed by atoms with van der Waals surface area (Å²) < 4.78 is -1.55. The molecule has 0 spiro atoms. The van der Waals surface area contributed by atoms with E-state index in [0.717, 1.165) is 0 Å². The second-order valence-corrected chi connectivity index (χ2v) is 20.2. The Morgan fingerprint density at radius 1 is 0.786 bits per heavy atom. The van der Waals surface area contributed by atoms with Crippen LogP contribution in [-0.4, -0.2) is 22.6 Å². The Morgan fingerprint density at radius 2 is 1.07 bits per heavy atom. The third-order valence-corrected chi connectivity index (χ3v) is 24.8. The molecule has 0 N–H and O–H groups in total.